The lowest BCUT2D eigenvalue weighted by molar-refractivity contribution is -0.571. The number of fused-ring (bicyclic) bond motifs is 4. The minimum atomic E-state index is -1.65. The summed E-state index contributed by atoms with van der Waals surface area (Å²) in [5.74, 6) is -9.39. The van der Waals surface area contributed by atoms with E-state index in [1.807, 2.05) is 13.8 Å². The van der Waals surface area contributed by atoms with Crippen LogP contribution in [0.5, 0.6) is 0 Å². The third-order valence-electron chi connectivity index (χ3n) is 16.9. The number of carbonyl (C=O) groups is 2. The molecule has 10 aliphatic rings. The Hall–Kier alpha value is -2.48. The fourth-order valence-corrected chi connectivity index (χ4v) is 13.4. The van der Waals surface area contributed by atoms with Crippen LogP contribution in [-0.4, -0.2) is 90.1 Å². The van der Waals surface area contributed by atoms with Crippen LogP contribution in [0.1, 0.15) is 119 Å². The van der Waals surface area contributed by atoms with E-state index in [1.54, 1.807) is 0 Å². The first-order valence-electron chi connectivity index (χ1n) is 23.4. The second kappa shape index (κ2) is 17.0. The number of aliphatic hydroxyl groups excluding tert-OH is 1. The highest BCUT2D eigenvalue weighted by Crippen LogP contribution is 2.62. The maximum atomic E-state index is 16.0. The standard InChI is InChI=1S/C46H64F4N2O11/c1-23-9-11-30-25(3)35(56-41-45(30)28(23)15-17-43(5,58-41)60-62-45)8-7-19-52(39-37(49)32(47)20-33(48)38(39)50)34(40(55)51-21-27(54)22-53)13-14-36-26(4)31-12-10-24(2)29-16-18-44(6)59-42(57-36)46(29,31)63-61-44/h20,23-26,28-31,34-36,41-42,53H,7-19,21-22H2,1-6H3,(H,51,55)/t23-,24-,25-,26-,28?,29?,30?,31?,34?,35-,36-,41-,42-,43+,44+,45-,46-/m1/s1. The van der Waals surface area contributed by atoms with Gasteiger partial charge in [-0.25, -0.2) is 37.1 Å². The molecule has 17 atom stereocenters. The van der Waals surface area contributed by atoms with Crippen LogP contribution in [-0.2, 0) is 48.1 Å². The zero-order valence-corrected chi connectivity index (χ0v) is 37.2. The second-order valence-electron chi connectivity index (χ2n) is 20.5. The largest absolute Gasteiger partial charge is 0.389 e. The summed E-state index contributed by atoms with van der Waals surface area (Å²) in [5, 5.41) is 12.0. The van der Waals surface area contributed by atoms with E-state index >= 15 is 17.6 Å². The Morgan fingerprint density at radius 1 is 0.746 bits per heavy atom. The highest BCUT2D eigenvalue weighted by atomic mass is 19.2. The summed E-state index contributed by atoms with van der Waals surface area (Å²) in [4.78, 5) is 52.2. The molecule has 1 aromatic rings. The van der Waals surface area contributed by atoms with Gasteiger partial charge in [0.05, 0.1) is 18.8 Å². The maximum Gasteiger partial charge on any atom is 0.243 e. The van der Waals surface area contributed by atoms with E-state index in [2.05, 4.69) is 33.0 Å². The van der Waals surface area contributed by atoms with Crippen molar-refractivity contribution in [3.05, 3.63) is 29.3 Å². The summed E-state index contributed by atoms with van der Waals surface area (Å²) in [5.41, 5.74) is -2.69. The summed E-state index contributed by atoms with van der Waals surface area (Å²) in [6, 6.07) is -1.31. The average molecular weight is 897 g/mol. The van der Waals surface area contributed by atoms with Crippen molar-refractivity contribution in [2.75, 3.05) is 24.6 Å². The minimum Gasteiger partial charge on any atom is -0.389 e. The van der Waals surface area contributed by atoms with Gasteiger partial charge in [0.15, 0.2) is 52.8 Å². The molecule has 352 valence electrons. The van der Waals surface area contributed by atoms with Crippen LogP contribution in [0.3, 0.4) is 0 Å². The Morgan fingerprint density at radius 3 is 1.76 bits per heavy atom. The zero-order valence-electron chi connectivity index (χ0n) is 37.2. The predicted octanol–water partition coefficient (Wildman–Crippen LogP) is 7.16. The monoisotopic (exact) mass is 896 g/mol. The molecule has 0 radical (unpaired) electrons. The van der Waals surface area contributed by atoms with Gasteiger partial charge in [-0.15, -0.1) is 0 Å². The van der Waals surface area contributed by atoms with E-state index < -0.39 is 107 Å². The number of Topliss-reactive ketones (excluding diaryl/α,β-unsaturated/α-hetero) is 1. The Bertz CT molecular complexity index is 1890. The Balaban J connectivity index is 1.00. The lowest BCUT2D eigenvalue weighted by atomic mass is 9.57. The van der Waals surface area contributed by atoms with Crippen molar-refractivity contribution in [1.82, 2.24) is 5.32 Å². The number of anilines is 1. The van der Waals surface area contributed by atoms with Crippen LogP contribution in [0.4, 0.5) is 23.2 Å². The molecule has 8 saturated heterocycles. The molecular weight excluding hydrogens is 833 g/mol. The molecular formula is C46H64F4N2O11. The molecule has 4 bridgehead atoms. The number of rotatable bonds is 13. The summed E-state index contributed by atoms with van der Waals surface area (Å²) in [6.07, 6.45) is 4.69. The number of nitrogens with zero attached hydrogens (tertiary/aromatic N) is 1. The van der Waals surface area contributed by atoms with Crippen LogP contribution in [0.25, 0.3) is 0 Å². The van der Waals surface area contributed by atoms with Gasteiger partial charge in [-0.05, 0) is 114 Å². The number of aliphatic hydroxyl groups is 1. The highest BCUT2D eigenvalue weighted by molar-refractivity contribution is 5.90. The number of hydrogen-bond donors (Lipinski definition) is 2. The van der Waals surface area contributed by atoms with Crippen molar-refractivity contribution in [2.24, 2.45) is 47.3 Å². The van der Waals surface area contributed by atoms with Crippen LogP contribution in [0, 0.1) is 70.6 Å². The Labute approximate surface area is 366 Å². The molecule has 11 rings (SSSR count). The van der Waals surface area contributed by atoms with Crippen molar-refractivity contribution >= 4 is 17.4 Å². The minimum absolute atomic E-state index is 0.0162. The molecule has 2 saturated carbocycles. The second-order valence-corrected chi connectivity index (χ2v) is 20.5. The van der Waals surface area contributed by atoms with Gasteiger partial charge >= 0.3 is 0 Å². The Kier molecular flexibility index (Phi) is 12.3. The van der Waals surface area contributed by atoms with Gasteiger partial charge in [-0.1, -0.05) is 27.7 Å². The fraction of sp³-hybridized carbons (Fsp3) is 0.826. The molecule has 1 amide bonds. The quantitative estimate of drug-likeness (QED) is 0.118. The fourth-order valence-electron chi connectivity index (χ4n) is 13.4. The number of amides is 1. The van der Waals surface area contributed by atoms with E-state index in [0.29, 0.717) is 31.1 Å². The van der Waals surface area contributed by atoms with Crippen LogP contribution in [0.15, 0.2) is 6.07 Å². The topological polar surface area (TPSA) is 143 Å². The molecule has 2 N–H and O–H groups in total. The van der Waals surface area contributed by atoms with Crippen LogP contribution < -0.4 is 10.2 Å². The average Bonchev–Trinajstić information content (AvgIpc) is 3.63. The molecule has 2 spiro atoms. The summed E-state index contributed by atoms with van der Waals surface area (Å²) < 4.78 is 89.0. The lowest BCUT2D eigenvalue weighted by Gasteiger charge is -2.60. The van der Waals surface area contributed by atoms with Crippen molar-refractivity contribution in [2.45, 2.75) is 172 Å². The third-order valence-corrected chi connectivity index (χ3v) is 16.9. The van der Waals surface area contributed by atoms with Gasteiger partial charge in [-0.3, -0.25) is 9.59 Å². The lowest BCUT2D eigenvalue weighted by Crippen LogP contribution is -2.70. The van der Waals surface area contributed by atoms with E-state index in [0.717, 1.165) is 43.4 Å². The van der Waals surface area contributed by atoms with Crippen LogP contribution >= 0.6 is 0 Å². The first-order valence-corrected chi connectivity index (χ1v) is 23.4. The van der Waals surface area contributed by atoms with Crippen LogP contribution in [0.2, 0.25) is 0 Å². The van der Waals surface area contributed by atoms with Crippen molar-refractivity contribution < 1.29 is 70.8 Å². The van der Waals surface area contributed by atoms with E-state index in [-0.39, 0.29) is 67.4 Å². The van der Waals surface area contributed by atoms with Gasteiger partial charge < -0.3 is 34.3 Å². The van der Waals surface area contributed by atoms with E-state index in [9.17, 15) is 14.7 Å². The van der Waals surface area contributed by atoms with Crippen molar-refractivity contribution in [3.8, 4) is 0 Å². The molecule has 0 aromatic heterocycles. The zero-order chi connectivity index (χ0) is 44.8. The first-order chi connectivity index (χ1) is 29.9. The molecule has 1 aromatic carbocycles. The number of ether oxygens (including phenoxy) is 4. The van der Waals surface area contributed by atoms with Gasteiger partial charge in [0, 0.05) is 37.3 Å². The molecule has 13 nitrogen and oxygen atoms in total. The number of nitrogens with one attached hydrogen (secondary N) is 1. The van der Waals surface area contributed by atoms with Gasteiger partial charge in [0.2, 0.25) is 17.5 Å². The number of ketones is 1. The summed E-state index contributed by atoms with van der Waals surface area (Å²) in [6.45, 7) is 10.6. The summed E-state index contributed by atoms with van der Waals surface area (Å²) in [7, 11) is 0. The van der Waals surface area contributed by atoms with Crippen molar-refractivity contribution in [3.63, 3.8) is 0 Å². The van der Waals surface area contributed by atoms with E-state index in [1.165, 1.54) is 0 Å². The first kappa shape index (κ1) is 45.7. The molecule has 8 aliphatic heterocycles. The van der Waals surface area contributed by atoms with Gasteiger partial charge in [0.1, 0.15) is 18.3 Å². The highest BCUT2D eigenvalue weighted by Gasteiger charge is 2.71. The molecule has 10 fully saturated rings. The summed E-state index contributed by atoms with van der Waals surface area (Å²) >= 11 is 0. The molecule has 8 heterocycles. The maximum absolute atomic E-state index is 16.0. The molecule has 5 unspecified atom stereocenters. The molecule has 17 heteroatoms. The normalized spacial score (nSPS) is 44.2. The van der Waals surface area contributed by atoms with E-state index in [4.69, 9.17) is 38.5 Å². The Morgan fingerprint density at radius 2 is 1.25 bits per heavy atom. The molecule has 63 heavy (non-hydrogen) atoms. The van der Waals surface area contributed by atoms with Gasteiger partial charge in [-0.2, -0.15) is 0 Å². The smallest absolute Gasteiger partial charge is 0.243 e. The number of benzene rings is 1. The number of carbonyl (C=O) groups excluding carboxylic acids is 2. The number of hydrogen-bond acceptors (Lipinski definition) is 12. The third kappa shape index (κ3) is 7.55. The van der Waals surface area contributed by atoms with Crippen molar-refractivity contribution in [1.29, 1.82) is 0 Å². The molecule has 2 aliphatic carbocycles. The SMILES string of the molecule is C[C@@H]1CCC2[C@@H](C)[C@@H](CCCN(c3c(F)c(F)cc(F)c3F)C(CC[C@H]3O[C@@H]4O[C@]5(C)CCC6[C@H](C)CCC([C@H]3C)[C@]64OO5)C(=O)NCC(=O)CO)O[C@@H]3O[C@]4(C)CCC1[C@@]23OO4. The van der Waals surface area contributed by atoms with Gasteiger partial charge in [0.25, 0.3) is 0 Å². The predicted molar refractivity (Wildman–Crippen MR) is 215 cm³/mol. The number of halogens is 4.